The van der Waals surface area contributed by atoms with E-state index < -0.39 is 5.82 Å². The summed E-state index contributed by atoms with van der Waals surface area (Å²) in [6, 6.07) is 2.80. The lowest BCUT2D eigenvalue weighted by Crippen LogP contribution is -2.29. The second-order valence-corrected chi connectivity index (χ2v) is 6.82. The molecule has 1 atom stereocenters. The van der Waals surface area contributed by atoms with Crippen molar-refractivity contribution in [2.24, 2.45) is 0 Å². The van der Waals surface area contributed by atoms with Crippen LogP contribution in [0.25, 0.3) is 5.65 Å². The van der Waals surface area contributed by atoms with E-state index in [1.54, 1.807) is 16.8 Å². The number of pyridine rings is 1. The predicted molar refractivity (Wildman–Crippen MR) is 102 cm³/mol. The molecule has 0 aromatic carbocycles. The van der Waals surface area contributed by atoms with Crippen LogP contribution in [-0.4, -0.2) is 38.6 Å². The van der Waals surface area contributed by atoms with Gasteiger partial charge in [-0.2, -0.15) is 5.10 Å². The van der Waals surface area contributed by atoms with Crippen LogP contribution in [0.15, 0.2) is 35.5 Å². The van der Waals surface area contributed by atoms with Crippen molar-refractivity contribution >= 4 is 17.4 Å². The summed E-state index contributed by atoms with van der Waals surface area (Å²) in [5.74, 6) is -0.0692. The number of hydrogen-bond acceptors (Lipinski definition) is 5. The van der Waals surface area contributed by atoms with E-state index in [9.17, 15) is 14.0 Å². The zero-order chi connectivity index (χ0) is 19.7. The van der Waals surface area contributed by atoms with Gasteiger partial charge in [-0.15, -0.1) is 0 Å². The summed E-state index contributed by atoms with van der Waals surface area (Å²) in [7, 11) is 0. The molecule has 1 saturated heterocycles. The molecule has 1 aliphatic rings. The van der Waals surface area contributed by atoms with Crippen LogP contribution in [0.5, 0.6) is 0 Å². The summed E-state index contributed by atoms with van der Waals surface area (Å²) in [4.78, 5) is 33.6. The third-order valence-electron chi connectivity index (χ3n) is 4.94. The molecule has 1 amide bonds. The topological polar surface area (TPSA) is 95.4 Å². The first kappa shape index (κ1) is 18.1. The van der Waals surface area contributed by atoms with Crippen molar-refractivity contribution in [3.63, 3.8) is 0 Å². The average Bonchev–Trinajstić information content (AvgIpc) is 3.34. The minimum atomic E-state index is -0.476. The highest BCUT2D eigenvalue weighted by molar-refractivity contribution is 5.99. The molecule has 0 aliphatic carbocycles. The second kappa shape index (κ2) is 7.41. The number of carbonyl (C=O) groups excluding carboxylic acids is 1. The number of H-pyrrole nitrogens is 1. The molecule has 4 heterocycles. The minimum Gasteiger partial charge on any atom is -0.352 e. The van der Waals surface area contributed by atoms with Crippen LogP contribution >= 0.6 is 0 Å². The molecular weight excluding hydrogens is 363 g/mol. The lowest BCUT2D eigenvalue weighted by molar-refractivity contribution is 0.0955. The molecule has 4 rings (SSSR count). The Labute approximate surface area is 160 Å². The van der Waals surface area contributed by atoms with Gasteiger partial charge in [-0.3, -0.25) is 9.59 Å². The summed E-state index contributed by atoms with van der Waals surface area (Å²) < 4.78 is 15.2. The van der Waals surface area contributed by atoms with Gasteiger partial charge in [-0.1, -0.05) is 6.92 Å². The van der Waals surface area contributed by atoms with Crippen LogP contribution < -0.4 is 15.8 Å². The third kappa shape index (κ3) is 3.23. The first-order chi connectivity index (χ1) is 13.6. The maximum atomic E-state index is 13.7. The number of halogens is 1. The minimum absolute atomic E-state index is 0.221. The number of aromatic nitrogens is 4. The Morgan fingerprint density at radius 1 is 1.46 bits per heavy atom. The van der Waals surface area contributed by atoms with Crippen molar-refractivity contribution in [3.8, 4) is 0 Å². The Hall–Kier alpha value is -3.23. The third-order valence-corrected chi connectivity index (χ3v) is 4.94. The molecule has 3 aromatic rings. The molecule has 1 fully saturated rings. The number of nitrogens with one attached hydrogen (secondary N) is 2. The molecule has 146 valence electrons. The van der Waals surface area contributed by atoms with Gasteiger partial charge in [0, 0.05) is 31.0 Å². The van der Waals surface area contributed by atoms with E-state index in [4.69, 9.17) is 0 Å². The van der Waals surface area contributed by atoms with Gasteiger partial charge < -0.3 is 15.2 Å². The standard InChI is InChI=1S/C19H21FN6O2/c1-2-6-21-19(28)14-11-23-26-8-5-16(24-17(14)26)25-7-3-4-15(25)13-9-12(20)10-22-18(13)27/h5,8-11,15H,2-4,6-7H2,1H3,(H,21,28)(H,22,27)/t15-/m1/s1. The highest BCUT2D eigenvalue weighted by Gasteiger charge is 2.30. The summed E-state index contributed by atoms with van der Waals surface area (Å²) in [6.45, 7) is 3.25. The SMILES string of the molecule is CCCNC(=O)c1cnn2ccc(N3CCC[C@@H]3c3cc(F)c[nH]c3=O)nc12. The Morgan fingerprint density at radius 2 is 2.32 bits per heavy atom. The smallest absolute Gasteiger partial charge is 0.256 e. The van der Waals surface area contributed by atoms with Gasteiger partial charge in [-0.05, 0) is 31.4 Å². The zero-order valence-electron chi connectivity index (χ0n) is 15.5. The van der Waals surface area contributed by atoms with E-state index in [1.807, 2.05) is 11.8 Å². The number of aromatic amines is 1. The maximum absolute atomic E-state index is 13.7. The van der Waals surface area contributed by atoms with Crippen molar-refractivity contribution < 1.29 is 9.18 Å². The van der Waals surface area contributed by atoms with Crippen molar-refractivity contribution in [2.45, 2.75) is 32.2 Å². The van der Waals surface area contributed by atoms with Crippen molar-refractivity contribution in [2.75, 3.05) is 18.0 Å². The Balaban J connectivity index is 1.71. The highest BCUT2D eigenvalue weighted by atomic mass is 19.1. The molecule has 0 spiro atoms. The Kier molecular flexibility index (Phi) is 4.81. The normalized spacial score (nSPS) is 16.6. The van der Waals surface area contributed by atoms with Crippen molar-refractivity contribution in [1.82, 2.24) is 24.9 Å². The monoisotopic (exact) mass is 384 g/mol. The maximum Gasteiger partial charge on any atom is 0.256 e. The summed E-state index contributed by atoms with van der Waals surface area (Å²) in [6.07, 6.45) is 6.71. The number of fused-ring (bicyclic) bond motifs is 1. The van der Waals surface area contributed by atoms with Crippen LogP contribution in [0, 0.1) is 5.82 Å². The fraction of sp³-hybridized carbons (Fsp3) is 0.368. The number of nitrogens with zero attached hydrogens (tertiary/aromatic N) is 4. The lowest BCUT2D eigenvalue weighted by atomic mass is 10.1. The van der Waals surface area contributed by atoms with Crippen LogP contribution in [0.1, 0.15) is 48.1 Å². The molecule has 0 unspecified atom stereocenters. The van der Waals surface area contributed by atoms with E-state index in [-0.39, 0.29) is 17.5 Å². The predicted octanol–water partition coefficient (Wildman–Crippen LogP) is 2.04. The van der Waals surface area contributed by atoms with Gasteiger partial charge in [0.25, 0.3) is 11.5 Å². The van der Waals surface area contributed by atoms with Crippen LogP contribution in [0.2, 0.25) is 0 Å². The fourth-order valence-electron chi connectivity index (χ4n) is 3.60. The second-order valence-electron chi connectivity index (χ2n) is 6.82. The van der Waals surface area contributed by atoms with E-state index in [0.717, 1.165) is 25.5 Å². The van der Waals surface area contributed by atoms with E-state index in [0.29, 0.717) is 35.7 Å². The lowest BCUT2D eigenvalue weighted by Gasteiger charge is -2.25. The van der Waals surface area contributed by atoms with Gasteiger partial charge in [-0.25, -0.2) is 13.9 Å². The number of hydrogen-bond donors (Lipinski definition) is 2. The fourth-order valence-corrected chi connectivity index (χ4v) is 3.60. The summed E-state index contributed by atoms with van der Waals surface area (Å²) in [5.41, 5.74) is 0.927. The molecule has 0 radical (unpaired) electrons. The highest BCUT2D eigenvalue weighted by Crippen LogP contribution is 2.34. The van der Waals surface area contributed by atoms with Crippen molar-refractivity contribution in [3.05, 3.63) is 58.0 Å². The molecule has 8 nitrogen and oxygen atoms in total. The Bertz CT molecular complexity index is 1080. The molecule has 0 saturated carbocycles. The molecular formula is C19H21FN6O2. The zero-order valence-corrected chi connectivity index (χ0v) is 15.5. The summed E-state index contributed by atoms with van der Waals surface area (Å²) >= 11 is 0. The van der Waals surface area contributed by atoms with Gasteiger partial charge in [0.2, 0.25) is 0 Å². The average molecular weight is 384 g/mol. The van der Waals surface area contributed by atoms with Gasteiger partial charge >= 0.3 is 0 Å². The largest absolute Gasteiger partial charge is 0.352 e. The van der Waals surface area contributed by atoms with Gasteiger partial charge in [0.1, 0.15) is 17.2 Å². The van der Waals surface area contributed by atoms with Crippen LogP contribution in [-0.2, 0) is 0 Å². The van der Waals surface area contributed by atoms with Crippen LogP contribution in [0.4, 0.5) is 10.2 Å². The van der Waals surface area contributed by atoms with Crippen molar-refractivity contribution in [1.29, 1.82) is 0 Å². The quantitative estimate of drug-likeness (QED) is 0.702. The first-order valence-electron chi connectivity index (χ1n) is 9.36. The van der Waals surface area contributed by atoms with E-state index in [2.05, 4.69) is 20.4 Å². The molecule has 28 heavy (non-hydrogen) atoms. The molecule has 1 aliphatic heterocycles. The molecule has 9 heteroatoms. The first-order valence-corrected chi connectivity index (χ1v) is 9.36. The van der Waals surface area contributed by atoms with Gasteiger partial charge in [0.05, 0.1) is 12.2 Å². The molecule has 2 N–H and O–H groups in total. The van der Waals surface area contributed by atoms with Gasteiger partial charge in [0.15, 0.2) is 5.65 Å². The van der Waals surface area contributed by atoms with E-state index >= 15 is 0 Å². The molecule has 3 aromatic heterocycles. The van der Waals surface area contributed by atoms with E-state index in [1.165, 1.54) is 12.3 Å². The number of anilines is 1. The Morgan fingerprint density at radius 3 is 3.14 bits per heavy atom. The summed E-state index contributed by atoms with van der Waals surface area (Å²) in [5, 5.41) is 7.02. The number of rotatable bonds is 5. The van der Waals surface area contributed by atoms with Crippen LogP contribution in [0.3, 0.4) is 0 Å². The number of carbonyl (C=O) groups is 1. The number of amides is 1. The molecule has 0 bridgehead atoms.